The van der Waals surface area contributed by atoms with Crippen molar-refractivity contribution in [1.82, 2.24) is 9.29 Å². The summed E-state index contributed by atoms with van der Waals surface area (Å²) >= 11 is 17.0. The smallest absolute Gasteiger partial charge is 0.244 e. The predicted molar refractivity (Wildman–Crippen MR) is 126 cm³/mol. The molecule has 0 N–H and O–H groups in total. The molecule has 0 radical (unpaired) electrons. The normalized spacial score (nSPS) is 15.5. The van der Waals surface area contributed by atoms with E-state index in [9.17, 15) is 8.42 Å². The van der Waals surface area contributed by atoms with Gasteiger partial charge in [-0.3, -0.25) is 0 Å². The lowest BCUT2D eigenvalue weighted by Crippen LogP contribution is -2.48. The zero-order valence-corrected chi connectivity index (χ0v) is 20.5. The van der Waals surface area contributed by atoms with Crippen LogP contribution < -0.4 is 4.90 Å². The summed E-state index contributed by atoms with van der Waals surface area (Å²) in [6, 6.07) is 12.6. The van der Waals surface area contributed by atoms with Crippen molar-refractivity contribution in [3.63, 3.8) is 0 Å². The molecule has 5 nitrogen and oxygen atoms in total. The summed E-state index contributed by atoms with van der Waals surface area (Å²) in [4.78, 5) is 7.01. The molecule has 158 valence electrons. The highest BCUT2D eigenvalue weighted by molar-refractivity contribution is 9.10. The fourth-order valence-electron chi connectivity index (χ4n) is 3.28. The molecular weight excluding hydrogens is 529 g/mol. The molecular formula is C20H18BrCl2N3O2S2. The van der Waals surface area contributed by atoms with Gasteiger partial charge in [-0.2, -0.15) is 4.31 Å². The molecule has 3 aromatic rings. The average molecular weight is 547 g/mol. The molecule has 0 atom stereocenters. The molecule has 10 heteroatoms. The number of aromatic nitrogens is 1. The van der Waals surface area contributed by atoms with Crippen LogP contribution in [0.3, 0.4) is 0 Å². The number of sulfonamides is 1. The number of halogens is 3. The van der Waals surface area contributed by atoms with Gasteiger partial charge in [0.15, 0.2) is 5.13 Å². The van der Waals surface area contributed by atoms with Gasteiger partial charge in [0.25, 0.3) is 0 Å². The molecule has 0 saturated carbocycles. The van der Waals surface area contributed by atoms with Gasteiger partial charge < -0.3 is 4.90 Å². The third-order valence-electron chi connectivity index (χ3n) is 4.86. The van der Waals surface area contributed by atoms with E-state index in [0.717, 1.165) is 32.3 Å². The van der Waals surface area contributed by atoms with Gasteiger partial charge in [0.1, 0.15) is 4.90 Å². The number of anilines is 1. The molecule has 1 aliphatic rings. The van der Waals surface area contributed by atoms with Crippen LogP contribution in [0, 0.1) is 0 Å². The van der Waals surface area contributed by atoms with E-state index in [-0.39, 0.29) is 9.92 Å². The topological polar surface area (TPSA) is 53.5 Å². The minimum Gasteiger partial charge on any atom is -0.345 e. The average Bonchev–Trinajstić information content (AvgIpc) is 3.18. The first-order valence-corrected chi connectivity index (χ1v) is 13.1. The lowest BCUT2D eigenvalue weighted by molar-refractivity contribution is 0.384. The van der Waals surface area contributed by atoms with Crippen molar-refractivity contribution in [2.45, 2.75) is 11.3 Å². The minimum absolute atomic E-state index is 0.139. The van der Waals surface area contributed by atoms with Gasteiger partial charge in [0.05, 0.1) is 10.7 Å². The minimum atomic E-state index is -3.63. The van der Waals surface area contributed by atoms with Crippen molar-refractivity contribution in [2.75, 3.05) is 31.1 Å². The standard InChI is InChI=1S/C20H18BrCl2N3O2S2/c21-15-3-6-19(18(23)12-15)30(27,28)26-9-7-25(8-10-26)20-24-17(13-29-20)11-14-1-4-16(22)5-2-14/h1-6,12-13H,7-11H2. The van der Waals surface area contributed by atoms with Crippen molar-refractivity contribution < 1.29 is 8.42 Å². The Kier molecular flexibility index (Phi) is 6.72. The second kappa shape index (κ2) is 9.14. The summed E-state index contributed by atoms with van der Waals surface area (Å²) in [6.45, 7) is 1.95. The lowest BCUT2D eigenvalue weighted by atomic mass is 10.1. The Morgan fingerprint density at radius 2 is 1.73 bits per heavy atom. The Hall–Kier alpha value is -1.16. The Labute approximate surface area is 198 Å². The van der Waals surface area contributed by atoms with E-state index in [1.165, 1.54) is 10.4 Å². The van der Waals surface area contributed by atoms with E-state index < -0.39 is 10.0 Å². The van der Waals surface area contributed by atoms with E-state index in [4.69, 9.17) is 28.2 Å². The first-order valence-electron chi connectivity index (χ1n) is 9.22. The maximum absolute atomic E-state index is 13.0. The molecule has 0 spiro atoms. The van der Waals surface area contributed by atoms with Gasteiger partial charge in [-0.25, -0.2) is 13.4 Å². The number of rotatable bonds is 5. The maximum atomic E-state index is 13.0. The molecule has 1 aromatic heterocycles. The van der Waals surface area contributed by atoms with Crippen molar-refractivity contribution >= 4 is 65.6 Å². The van der Waals surface area contributed by atoms with Crippen LogP contribution in [0.25, 0.3) is 0 Å². The SMILES string of the molecule is O=S(=O)(c1ccc(Br)cc1Cl)N1CCN(c2nc(Cc3ccc(Cl)cc3)cs2)CC1. The van der Waals surface area contributed by atoms with Gasteiger partial charge in [0, 0.05) is 47.5 Å². The molecule has 30 heavy (non-hydrogen) atoms. The second-order valence-electron chi connectivity index (χ2n) is 6.89. The second-order valence-corrected chi connectivity index (χ2v) is 11.4. The molecule has 2 heterocycles. The van der Waals surface area contributed by atoms with Crippen LogP contribution >= 0.6 is 50.5 Å². The van der Waals surface area contributed by atoms with Crippen LogP contribution in [0.1, 0.15) is 11.3 Å². The van der Waals surface area contributed by atoms with Gasteiger partial charge in [-0.1, -0.05) is 51.3 Å². The van der Waals surface area contributed by atoms with Crippen LogP contribution in [0.4, 0.5) is 5.13 Å². The number of hydrogen-bond donors (Lipinski definition) is 0. The van der Waals surface area contributed by atoms with Gasteiger partial charge in [-0.15, -0.1) is 11.3 Å². The number of nitrogens with zero attached hydrogens (tertiary/aromatic N) is 3. The van der Waals surface area contributed by atoms with Crippen LogP contribution in [0.5, 0.6) is 0 Å². The number of hydrogen-bond acceptors (Lipinski definition) is 5. The summed E-state index contributed by atoms with van der Waals surface area (Å²) in [5, 5.41) is 3.90. The highest BCUT2D eigenvalue weighted by atomic mass is 79.9. The van der Waals surface area contributed by atoms with Crippen LogP contribution in [-0.2, 0) is 16.4 Å². The van der Waals surface area contributed by atoms with E-state index in [1.54, 1.807) is 23.5 Å². The zero-order valence-electron chi connectivity index (χ0n) is 15.8. The van der Waals surface area contributed by atoms with Crippen LogP contribution in [0.2, 0.25) is 10.0 Å². The van der Waals surface area contributed by atoms with E-state index >= 15 is 0 Å². The largest absolute Gasteiger partial charge is 0.345 e. The molecule has 1 saturated heterocycles. The summed E-state index contributed by atoms with van der Waals surface area (Å²) in [7, 11) is -3.63. The monoisotopic (exact) mass is 545 g/mol. The molecule has 0 unspecified atom stereocenters. The van der Waals surface area contributed by atoms with Gasteiger partial charge in [-0.05, 0) is 35.9 Å². The third kappa shape index (κ3) is 4.84. The Morgan fingerprint density at radius 1 is 1.03 bits per heavy atom. The van der Waals surface area contributed by atoms with E-state index in [1.807, 2.05) is 24.3 Å². The first-order chi connectivity index (χ1) is 14.3. The molecule has 1 fully saturated rings. The van der Waals surface area contributed by atoms with Crippen molar-refractivity contribution in [2.24, 2.45) is 0 Å². The van der Waals surface area contributed by atoms with Gasteiger partial charge >= 0.3 is 0 Å². The Balaban J connectivity index is 1.41. The zero-order chi connectivity index (χ0) is 21.3. The van der Waals surface area contributed by atoms with Gasteiger partial charge in [0.2, 0.25) is 10.0 Å². The third-order valence-corrected chi connectivity index (χ3v) is 8.94. The molecule has 1 aliphatic heterocycles. The maximum Gasteiger partial charge on any atom is 0.244 e. The number of benzene rings is 2. The van der Waals surface area contributed by atoms with Crippen molar-refractivity contribution in [3.05, 3.63) is 73.6 Å². The number of piperazine rings is 1. The highest BCUT2D eigenvalue weighted by Crippen LogP contribution is 2.29. The fourth-order valence-corrected chi connectivity index (χ4v) is 6.72. The molecule has 0 amide bonds. The van der Waals surface area contributed by atoms with E-state index in [2.05, 4.69) is 26.2 Å². The molecule has 2 aromatic carbocycles. The summed E-state index contributed by atoms with van der Waals surface area (Å²) in [6.07, 6.45) is 0.740. The molecule has 0 aliphatic carbocycles. The summed E-state index contributed by atoms with van der Waals surface area (Å²) in [5.41, 5.74) is 2.15. The van der Waals surface area contributed by atoms with Crippen LogP contribution in [0.15, 0.2) is 57.2 Å². The van der Waals surface area contributed by atoms with E-state index in [0.29, 0.717) is 26.2 Å². The van der Waals surface area contributed by atoms with Crippen molar-refractivity contribution in [3.8, 4) is 0 Å². The highest BCUT2D eigenvalue weighted by Gasteiger charge is 2.30. The molecule has 4 rings (SSSR count). The quantitative estimate of drug-likeness (QED) is 0.435. The Bertz CT molecular complexity index is 1150. The Morgan fingerprint density at radius 3 is 2.40 bits per heavy atom. The first kappa shape index (κ1) is 22.0. The van der Waals surface area contributed by atoms with Crippen molar-refractivity contribution in [1.29, 1.82) is 0 Å². The predicted octanol–water partition coefficient (Wildman–Crippen LogP) is 5.31. The summed E-state index contributed by atoms with van der Waals surface area (Å²) in [5.74, 6) is 0. The molecule has 0 bridgehead atoms. The number of thiazole rings is 1. The fraction of sp³-hybridized carbons (Fsp3) is 0.250. The van der Waals surface area contributed by atoms with Crippen LogP contribution in [-0.4, -0.2) is 43.9 Å². The lowest BCUT2D eigenvalue weighted by Gasteiger charge is -2.34. The summed E-state index contributed by atoms with van der Waals surface area (Å²) < 4.78 is 28.2.